The number of carbonyl (C=O) groups is 2. The fourth-order valence-corrected chi connectivity index (χ4v) is 2.85. The molecule has 2 saturated heterocycles. The summed E-state index contributed by atoms with van der Waals surface area (Å²) in [5.41, 5.74) is 0. The van der Waals surface area contributed by atoms with E-state index in [9.17, 15) is 9.59 Å². The van der Waals surface area contributed by atoms with Crippen molar-refractivity contribution in [3.8, 4) is 0 Å². The number of likely N-dealkylation sites (tertiary alicyclic amines) is 1. The molecule has 0 aliphatic carbocycles. The lowest BCUT2D eigenvalue weighted by Crippen LogP contribution is -2.49. The van der Waals surface area contributed by atoms with Gasteiger partial charge in [0.1, 0.15) is 0 Å². The Bertz CT molecular complexity index is 305. The fraction of sp³-hybridized carbons (Fsp3) is 0.846. The molecule has 2 heterocycles. The molecule has 0 saturated carbocycles. The Labute approximate surface area is 108 Å². The standard InChI is InChI=1S/C13H23N3O2/c1-10(17)15-12-4-7-16(8-5-12)13(18)11-3-2-6-14-9-11/h11-12,14H,2-9H2,1H3,(H,15,17)/t11-/m0/s1. The first-order valence-electron chi connectivity index (χ1n) is 6.93. The zero-order valence-electron chi connectivity index (χ0n) is 11.1. The molecule has 0 unspecified atom stereocenters. The molecule has 0 spiro atoms. The molecule has 18 heavy (non-hydrogen) atoms. The van der Waals surface area contributed by atoms with Crippen LogP contribution < -0.4 is 10.6 Å². The van der Waals surface area contributed by atoms with Crippen LogP contribution in [0.25, 0.3) is 0 Å². The minimum absolute atomic E-state index is 0.0243. The maximum atomic E-state index is 12.3. The molecule has 0 radical (unpaired) electrons. The average Bonchev–Trinajstić information content (AvgIpc) is 2.39. The highest BCUT2D eigenvalue weighted by atomic mass is 16.2. The smallest absolute Gasteiger partial charge is 0.226 e. The molecule has 2 fully saturated rings. The van der Waals surface area contributed by atoms with E-state index in [-0.39, 0.29) is 17.9 Å². The molecule has 2 N–H and O–H groups in total. The van der Waals surface area contributed by atoms with E-state index >= 15 is 0 Å². The van der Waals surface area contributed by atoms with Gasteiger partial charge < -0.3 is 15.5 Å². The summed E-state index contributed by atoms with van der Waals surface area (Å²) < 4.78 is 0. The van der Waals surface area contributed by atoms with Crippen molar-refractivity contribution >= 4 is 11.8 Å². The van der Waals surface area contributed by atoms with E-state index in [0.29, 0.717) is 5.91 Å². The lowest BCUT2D eigenvalue weighted by atomic mass is 9.96. The molecule has 0 aromatic carbocycles. The third-order valence-corrected chi connectivity index (χ3v) is 3.86. The maximum Gasteiger partial charge on any atom is 0.226 e. The van der Waals surface area contributed by atoms with E-state index in [1.54, 1.807) is 6.92 Å². The van der Waals surface area contributed by atoms with Crippen LogP contribution in [-0.2, 0) is 9.59 Å². The first kappa shape index (κ1) is 13.3. The average molecular weight is 253 g/mol. The summed E-state index contributed by atoms with van der Waals surface area (Å²) in [6, 6.07) is 0.246. The van der Waals surface area contributed by atoms with Gasteiger partial charge in [-0.1, -0.05) is 0 Å². The Morgan fingerprint density at radius 2 is 1.94 bits per heavy atom. The normalized spacial score (nSPS) is 25.8. The third kappa shape index (κ3) is 3.45. The van der Waals surface area contributed by atoms with Gasteiger partial charge in [-0.15, -0.1) is 0 Å². The van der Waals surface area contributed by atoms with E-state index in [1.807, 2.05) is 4.90 Å². The maximum absolute atomic E-state index is 12.3. The predicted molar refractivity (Wildman–Crippen MR) is 69.0 cm³/mol. The van der Waals surface area contributed by atoms with Crippen molar-refractivity contribution in [1.29, 1.82) is 0 Å². The van der Waals surface area contributed by atoms with Crippen LogP contribution >= 0.6 is 0 Å². The molecule has 2 amide bonds. The van der Waals surface area contributed by atoms with Gasteiger partial charge >= 0.3 is 0 Å². The molecule has 0 bridgehead atoms. The first-order valence-corrected chi connectivity index (χ1v) is 6.93. The summed E-state index contributed by atoms with van der Waals surface area (Å²) in [5, 5.41) is 6.22. The molecular weight excluding hydrogens is 230 g/mol. The second kappa shape index (κ2) is 6.18. The number of amides is 2. The fourth-order valence-electron chi connectivity index (χ4n) is 2.85. The van der Waals surface area contributed by atoms with E-state index in [0.717, 1.165) is 51.9 Å². The van der Waals surface area contributed by atoms with Crippen LogP contribution in [0.2, 0.25) is 0 Å². The largest absolute Gasteiger partial charge is 0.353 e. The zero-order chi connectivity index (χ0) is 13.0. The molecular formula is C13H23N3O2. The number of hydrogen-bond donors (Lipinski definition) is 2. The second-order valence-electron chi connectivity index (χ2n) is 5.34. The molecule has 2 aliphatic rings. The SMILES string of the molecule is CC(=O)NC1CCN(C(=O)[C@H]2CCCNC2)CC1. The molecule has 0 aromatic rings. The summed E-state index contributed by atoms with van der Waals surface area (Å²) in [4.78, 5) is 25.2. The lowest BCUT2D eigenvalue weighted by Gasteiger charge is -2.35. The molecule has 102 valence electrons. The van der Waals surface area contributed by atoms with Gasteiger partial charge in [0, 0.05) is 32.6 Å². The molecule has 2 aliphatic heterocycles. The Hall–Kier alpha value is -1.10. The molecule has 5 heteroatoms. The van der Waals surface area contributed by atoms with E-state index in [4.69, 9.17) is 0 Å². The van der Waals surface area contributed by atoms with Gasteiger partial charge in [0.25, 0.3) is 0 Å². The monoisotopic (exact) mass is 253 g/mol. The van der Waals surface area contributed by atoms with Gasteiger partial charge in [0.15, 0.2) is 0 Å². The summed E-state index contributed by atoms with van der Waals surface area (Å²) >= 11 is 0. The van der Waals surface area contributed by atoms with Gasteiger partial charge in [-0.3, -0.25) is 9.59 Å². The summed E-state index contributed by atoms with van der Waals surface area (Å²) in [5.74, 6) is 0.482. The highest BCUT2D eigenvalue weighted by molar-refractivity contribution is 5.79. The second-order valence-corrected chi connectivity index (χ2v) is 5.34. The van der Waals surface area contributed by atoms with E-state index in [2.05, 4.69) is 10.6 Å². The van der Waals surface area contributed by atoms with Crippen molar-refractivity contribution in [3.63, 3.8) is 0 Å². The van der Waals surface area contributed by atoms with Crippen LogP contribution in [0.4, 0.5) is 0 Å². The van der Waals surface area contributed by atoms with Gasteiger partial charge in [-0.05, 0) is 32.2 Å². The highest BCUT2D eigenvalue weighted by Crippen LogP contribution is 2.17. The summed E-state index contributed by atoms with van der Waals surface area (Å²) in [7, 11) is 0. The summed E-state index contributed by atoms with van der Waals surface area (Å²) in [6.07, 6.45) is 3.87. The van der Waals surface area contributed by atoms with Crippen molar-refractivity contribution < 1.29 is 9.59 Å². The number of nitrogens with one attached hydrogen (secondary N) is 2. The number of hydrogen-bond acceptors (Lipinski definition) is 3. The first-order chi connectivity index (χ1) is 8.66. The van der Waals surface area contributed by atoms with Gasteiger partial charge in [-0.2, -0.15) is 0 Å². The molecule has 0 aromatic heterocycles. The van der Waals surface area contributed by atoms with Crippen molar-refractivity contribution in [2.45, 2.75) is 38.6 Å². The van der Waals surface area contributed by atoms with E-state index in [1.165, 1.54) is 0 Å². The highest BCUT2D eigenvalue weighted by Gasteiger charge is 2.29. The Morgan fingerprint density at radius 3 is 2.50 bits per heavy atom. The molecule has 5 nitrogen and oxygen atoms in total. The van der Waals surface area contributed by atoms with Crippen molar-refractivity contribution in [2.75, 3.05) is 26.2 Å². The topological polar surface area (TPSA) is 61.4 Å². The molecule has 2 rings (SSSR count). The van der Waals surface area contributed by atoms with Crippen LogP contribution in [0, 0.1) is 5.92 Å². The van der Waals surface area contributed by atoms with Crippen LogP contribution in [0.15, 0.2) is 0 Å². The number of carbonyl (C=O) groups excluding carboxylic acids is 2. The number of nitrogens with zero attached hydrogens (tertiary/aromatic N) is 1. The van der Waals surface area contributed by atoms with Crippen molar-refractivity contribution in [1.82, 2.24) is 15.5 Å². The van der Waals surface area contributed by atoms with Gasteiger partial charge in [0.2, 0.25) is 11.8 Å². The van der Waals surface area contributed by atoms with Crippen LogP contribution in [0.5, 0.6) is 0 Å². The minimum Gasteiger partial charge on any atom is -0.353 e. The minimum atomic E-state index is 0.0243. The third-order valence-electron chi connectivity index (χ3n) is 3.86. The van der Waals surface area contributed by atoms with Crippen LogP contribution in [0.1, 0.15) is 32.6 Å². The zero-order valence-corrected chi connectivity index (χ0v) is 11.1. The number of rotatable bonds is 2. The van der Waals surface area contributed by atoms with Gasteiger partial charge in [0.05, 0.1) is 5.92 Å². The quantitative estimate of drug-likeness (QED) is 0.734. The van der Waals surface area contributed by atoms with Crippen molar-refractivity contribution in [3.05, 3.63) is 0 Å². The van der Waals surface area contributed by atoms with Crippen LogP contribution in [-0.4, -0.2) is 48.9 Å². The Morgan fingerprint density at radius 1 is 1.22 bits per heavy atom. The Kier molecular flexibility index (Phi) is 4.58. The predicted octanol–water partition coefficient (Wildman–Crippen LogP) is 0.113. The van der Waals surface area contributed by atoms with Crippen LogP contribution in [0.3, 0.4) is 0 Å². The number of piperidine rings is 2. The van der Waals surface area contributed by atoms with E-state index < -0.39 is 0 Å². The Balaban J connectivity index is 1.78. The van der Waals surface area contributed by atoms with Crippen molar-refractivity contribution in [2.24, 2.45) is 5.92 Å². The summed E-state index contributed by atoms with van der Waals surface area (Å²) in [6.45, 7) is 4.96. The lowest BCUT2D eigenvalue weighted by molar-refractivity contribution is -0.137. The molecule has 1 atom stereocenters. The van der Waals surface area contributed by atoms with Gasteiger partial charge in [-0.25, -0.2) is 0 Å².